The molecule has 1 aromatic heterocycles. The van der Waals surface area contributed by atoms with E-state index in [1.54, 1.807) is 12.5 Å². The van der Waals surface area contributed by atoms with E-state index in [1.807, 2.05) is 11.5 Å². The van der Waals surface area contributed by atoms with Gasteiger partial charge in [0.25, 0.3) is 0 Å². The van der Waals surface area contributed by atoms with Crippen LogP contribution in [-0.2, 0) is 17.8 Å². The molecule has 2 N–H and O–H groups in total. The van der Waals surface area contributed by atoms with Gasteiger partial charge in [-0.05, 0) is 20.8 Å². The van der Waals surface area contributed by atoms with Crippen molar-refractivity contribution in [2.45, 2.75) is 39.5 Å². The Morgan fingerprint density at radius 2 is 2.29 bits per heavy atom. The maximum atomic E-state index is 5.61. The summed E-state index contributed by atoms with van der Waals surface area (Å²) in [5.74, 6) is 0. The van der Waals surface area contributed by atoms with E-state index in [0.29, 0.717) is 6.54 Å². The van der Waals surface area contributed by atoms with Crippen LogP contribution in [0.15, 0.2) is 12.5 Å². The third-order valence-electron chi connectivity index (χ3n) is 2.09. The minimum Gasteiger partial charge on any atom is -0.374 e. The molecule has 80 valence electrons. The molecule has 4 nitrogen and oxygen atoms in total. The van der Waals surface area contributed by atoms with Gasteiger partial charge in [0.05, 0.1) is 24.2 Å². The van der Waals surface area contributed by atoms with Crippen molar-refractivity contribution in [2.24, 2.45) is 5.73 Å². The second-order valence-electron chi connectivity index (χ2n) is 3.91. The maximum Gasteiger partial charge on any atom is 0.0949 e. The highest BCUT2D eigenvalue weighted by atomic mass is 16.5. The molecule has 0 unspecified atom stereocenters. The number of hydrogen-bond acceptors (Lipinski definition) is 3. The predicted molar refractivity (Wildman–Crippen MR) is 55.8 cm³/mol. The summed E-state index contributed by atoms with van der Waals surface area (Å²) in [6, 6.07) is 0. The van der Waals surface area contributed by atoms with E-state index in [0.717, 1.165) is 18.8 Å². The molecular formula is C10H19N3O. The Morgan fingerprint density at radius 3 is 2.86 bits per heavy atom. The first-order valence-corrected chi connectivity index (χ1v) is 4.92. The van der Waals surface area contributed by atoms with Crippen LogP contribution in [0.25, 0.3) is 0 Å². The van der Waals surface area contributed by atoms with E-state index in [-0.39, 0.29) is 5.60 Å². The molecule has 0 aromatic carbocycles. The second kappa shape index (κ2) is 4.57. The lowest BCUT2D eigenvalue weighted by atomic mass is 10.1. The maximum absolute atomic E-state index is 5.61. The number of rotatable bonds is 5. The van der Waals surface area contributed by atoms with E-state index < -0.39 is 0 Å². The molecule has 0 saturated heterocycles. The number of nitrogens with zero attached hydrogens (tertiary/aromatic N) is 2. The van der Waals surface area contributed by atoms with E-state index in [1.165, 1.54) is 0 Å². The minimum absolute atomic E-state index is 0.167. The molecule has 0 aliphatic heterocycles. The molecule has 0 amide bonds. The van der Waals surface area contributed by atoms with Crippen LogP contribution in [0, 0.1) is 0 Å². The number of aromatic nitrogens is 2. The van der Waals surface area contributed by atoms with Gasteiger partial charge in [-0.25, -0.2) is 4.98 Å². The standard InChI is InChI=1S/C10H19N3O/c1-4-14-10(2,3)7-13-8-12-6-9(13)5-11/h6,8H,4-5,7,11H2,1-3H3. The van der Waals surface area contributed by atoms with Gasteiger partial charge in [0.2, 0.25) is 0 Å². The summed E-state index contributed by atoms with van der Waals surface area (Å²) in [4.78, 5) is 4.06. The van der Waals surface area contributed by atoms with E-state index >= 15 is 0 Å². The summed E-state index contributed by atoms with van der Waals surface area (Å²) in [6.07, 6.45) is 3.59. The van der Waals surface area contributed by atoms with Crippen LogP contribution >= 0.6 is 0 Å². The fourth-order valence-corrected chi connectivity index (χ4v) is 1.51. The summed E-state index contributed by atoms with van der Waals surface area (Å²) < 4.78 is 7.65. The number of imidazole rings is 1. The van der Waals surface area contributed by atoms with Gasteiger partial charge in [0.15, 0.2) is 0 Å². The number of ether oxygens (including phenoxy) is 1. The van der Waals surface area contributed by atoms with Gasteiger partial charge in [0, 0.05) is 19.3 Å². The molecule has 1 aromatic rings. The Labute approximate surface area is 85.1 Å². The zero-order chi connectivity index (χ0) is 10.6. The van der Waals surface area contributed by atoms with Gasteiger partial charge < -0.3 is 15.0 Å². The normalized spacial score (nSPS) is 12.0. The van der Waals surface area contributed by atoms with Crippen molar-refractivity contribution >= 4 is 0 Å². The van der Waals surface area contributed by atoms with E-state index in [9.17, 15) is 0 Å². The average molecular weight is 197 g/mol. The highest BCUT2D eigenvalue weighted by molar-refractivity contribution is 4.98. The molecular weight excluding hydrogens is 178 g/mol. The molecule has 0 atom stereocenters. The third kappa shape index (κ3) is 2.82. The SMILES string of the molecule is CCOC(C)(C)Cn1cncc1CN. The van der Waals surface area contributed by atoms with Crippen molar-refractivity contribution in [1.82, 2.24) is 9.55 Å². The van der Waals surface area contributed by atoms with Crippen LogP contribution in [0.5, 0.6) is 0 Å². The molecule has 0 aliphatic carbocycles. The van der Waals surface area contributed by atoms with Crippen molar-refractivity contribution in [3.8, 4) is 0 Å². The highest BCUT2D eigenvalue weighted by Gasteiger charge is 2.19. The van der Waals surface area contributed by atoms with Crippen molar-refractivity contribution in [1.29, 1.82) is 0 Å². The Hall–Kier alpha value is -0.870. The van der Waals surface area contributed by atoms with Crippen LogP contribution < -0.4 is 5.73 Å². The molecule has 0 bridgehead atoms. The lowest BCUT2D eigenvalue weighted by Crippen LogP contribution is -2.31. The third-order valence-corrected chi connectivity index (χ3v) is 2.09. The van der Waals surface area contributed by atoms with E-state index in [2.05, 4.69) is 18.8 Å². The summed E-state index contributed by atoms with van der Waals surface area (Å²) in [7, 11) is 0. The van der Waals surface area contributed by atoms with Gasteiger partial charge in [-0.15, -0.1) is 0 Å². The molecule has 0 saturated carbocycles. The molecule has 0 spiro atoms. The molecule has 1 rings (SSSR count). The van der Waals surface area contributed by atoms with Gasteiger partial charge in [-0.1, -0.05) is 0 Å². The second-order valence-corrected chi connectivity index (χ2v) is 3.91. The van der Waals surface area contributed by atoms with Crippen molar-refractivity contribution in [2.75, 3.05) is 6.61 Å². The fourth-order valence-electron chi connectivity index (χ4n) is 1.51. The van der Waals surface area contributed by atoms with E-state index in [4.69, 9.17) is 10.5 Å². The van der Waals surface area contributed by atoms with Crippen LogP contribution in [0.2, 0.25) is 0 Å². The molecule has 1 heterocycles. The zero-order valence-corrected chi connectivity index (χ0v) is 9.16. The van der Waals surface area contributed by atoms with Crippen molar-refractivity contribution in [3.05, 3.63) is 18.2 Å². The topological polar surface area (TPSA) is 53.1 Å². The van der Waals surface area contributed by atoms with Gasteiger partial charge in [-0.2, -0.15) is 0 Å². The summed E-state index contributed by atoms with van der Waals surface area (Å²) in [5.41, 5.74) is 6.46. The predicted octanol–water partition coefficient (Wildman–Crippen LogP) is 1.16. The molecule has 14 heavy (non-hydrogen) atoms. The minimum atomic E-state index is -0.167. The van der Waals surface area contributed by atoms with Gasteiger partial charge in [0.1, 0.15) is 0 Å². The first-order chi connectivity index (χ1) is 6.59. The summed E-state index contributed by atoms with van der Waals surface area (Å²) in [6.45, 7) is 8.16. The first-order valence-electron chi connectivity index (χ1n) is 4.92. The van der Waals surface area contributed by atoms with Gasteiger partial charge >= 0.3 is 0 Å². The largest absolute Gasteiger partial charge is 0.374 e. The van der Waals surface area contributed by atoms with Gasteiger partial charge in [-0.3, -0.25) is 0 Å². The Bertz CT molecular complexity index is 281. The number of nitrogens with two attached hydrogens (primary N) is 1. The molecule has 0 radical (unpaired) electrons. The average Bonchev–Trinajstić information content (AvgIpc) is 2.50. The summed E-state index contributed by atoms with van der Waals surface area (Å²) >= 11 is 0. The monoisotopic (exact) mass is 197 g/mol. The number of hydrogen-bond donors (Lipinski definition) is 1. The Morgan fingerprint density at radius 1 is 1.57 bits per heavy atom. The quantitative estimate of drug-likeness (QED) is 0.770. The first kappa shape index (κ1) is 11.2. The van der Waals surface area contributed by atoms with Crippen LogP contribution in [0.4, 0.5) is 0 Å². The Balaban J connectivity index is 2.67. The highest BCUT2D eigenvalue weighted by Crippen LogP contribution is 2.13. The molecule has 0 aliphatic rings. The van der Waals surface area contributed by atoms with Crippen LogP contribution in [0.3, 0.4) is 0 Å². The molecule has 0 fully saturated rings. The van der Waals surface area contributed by atoms with Crippen molar-refractivity contribution < 1.29 is 4.74 Å². The lowest BCUT2D eigenvalue weighted by Gasteiger charge is -2.25. The zero-order valence-electron chi connectivity index (χ0n) is 9.16. The van der Waals surface area contributed by atoms with Crippen LogP contribution in [-0.4, -0.2) is 21.8 Å². The smallest absolute Gasteiger partial charge is 0.0949 e. The molecule has 4 heteroatoms. The Kier molecular flexibility index (Phi) is 3.66. The lowest BCUT2D eigenvalue weighted by molar-refractivity contribution is -0.0228. The summed E-state index contributed by atoms with van der Waals surface area (Å²) in [5, 5.41) is 0. The van der Waals surface area contributed by atoms with Crippen molar-refractivity contribution in [3.63, 3.8) is 0 Å². The fraction of sp³-hybridized carbons (Fsp3) is 0.700. The van der Waals surface area contributed by atoms with Crippen LogP contribution in [0.1, 0.15) is 26.5 Å².